The SMILES string of the molecule is COc1ccc(C(=O)CSC2CCCCC2)cc1. The smallest absolute Gasteiger partial charge is 0.172 e. The largest absolute Gasteiger partial charge is 0.497 e. The summed E-state index contributed by atoms with van der Waals surface area (Å²) < 4.78 is 5.09. The van der Waals surface area contributed by atoms with Crippen molar-refractivity contribution in [2.75, 3.05) is 12.9 Å². The van der Waals surface area contributed by atoms with Gasteiger partial charge < -0.3 is 4.74 Å². The molecule has 0 saturated heterocycles. The van der Waals surface area contributed by atoms with Crippen molar-refractivity contribution >= 4 is 17.5 Å². The average Bonchev–Trinajstić information content (AvgIpc) is 2.46. The Morgan fingerprint density at radius 3 is 2.50 bits per heavy atom. The summed E-state index contributed by atoms with van der Waals surface area (Å²) in [6, 6.07) is 7.39. The highest BCUT2D eigenvalue weighted by Gasteiger charge is 2.15. The number of carbonyl (C=O) groups excluding carboxylic acids is 1. The van der Waals surface area contributed by atoms with Gasteiger partial charge in [-0.05, 0) is 37.1 Å². The molecule has 0 aliphatic heterocycles. The van der Waals surface area contributed by atoms with Gasteiger partial charge in [-0.25, -0.2) is 0 Å². The molecule has 0 bridgehead atoms. The van der Waals surface area contributed by atoms with Crippen LogP contribution >= 0.6 is 11.8 Å². The number of carbonyl (C=O) groups is 1. The van der Waals surface area contributed by atoms with E-state index < -0.39 is 0 Å². The Kier molecular flexibility index (Phi) is 5.12. The van der Waals surface area contributed by atoms with Crippen LogP contribution in [0, 0.1) is 0 Å². The van der Waals surface area contributed by atoms with Crippen molar-refractivity contribution in [2.24, 2.45) is 0 Å². The summed E-state index contributed by atoms with van der Waals surface area (Å²) in [4.78, 5) is 12.0. The predicted octanol–water partition coefficient (Wildman–Crippen LogP) is 3.94. The third kappa shape index (κ3) is 3.77. The Hall–Kier alpha value is -0.960. The molecule has 18 heavy (non-hydrogen) atoms. The molecule has 98 valence electrons. The van der Waals surface area contributed by atoms with Crippen LogP contribution in [0.5, 0.6) is 5.75 Å². The molecule has 2 rings (SSSR count). The fourth-order valence-electron chi connectivity index (χ4n) is 2.29. The average molecular weight is 264 g/mol. The summed E-state index contributed by atoms with van der Waals surface area (Å²) in [6.07, 6.45) is 6.58. The van der Waals surface area contributed by atoms with E-state index in [1.54, 1.807) is 7.11 Å². The normalized spacial score (nSPS) is 16.5. The van der Waals surface area contributed by atoms with E-state index in [-0.39, 0.29) is 5.78 Å². The lowest BCUT2D eigenvalue weighted by molar-refractivity contribution is 0.102. The zero-order valence-corrected chi connectivity index (χ0v) is 11.7. The lowest BCUT2D eigenvalue weighted by Crippen LogP contribution is -2.12. The summed E-state index contributed by atoms with van der Waals surface area (Å²) in [7, 11) is 1.63. The maximum absolute atomic E-state index is 12.0. The first-order valence-electron chi connectivity index (χ1n) is 6.58. The molecule has 0 unspecified atom stereocenters. The van der Waals surface area contributed by atoms with Crippen molar-refractivity contribution in [2.45, 2.75) is 37.4 Å². The van der Waals surface area contributed by atoms with E-state index in [1.165, 1.54) is 32.1 Å². The van der Waals surface area contributed by atoms with Gasteiger partial charge in [0.05, 0.1) is 12.9 Å². The maximum Gasteiger partial charge on any atom is 0.172 e. The van der Waals surface area contributed by atoms with E-state index in [1.807, 2.05) is 36.0 Å². The number of methoxy groups -OCH3 is 1. The van der Waals surface area contributed by atoms with Gasteiger partial charge in [0.1, 0.15) is 5.75 Å². The Labute approximate surface area is 113 Å². The summed E-state index contributed by atoms with van der Waals surface area (Å²) in [6.45, 7) is 0. The van der Waals surface area contributed by atoms with Crippen LogP contribution in [-0.4, -0.2) is 23.9 Å². The van der Waals surface area contributed by atoms with Gasteiger partial charge in [0.15, 0.2) is 5.78 Å². The number of hydrogen-bond acceptors (Lipinski definition) is 3. The fraction of sp³-hybridized carbons (Fsp3) is 0.533. The molecule has 0 radical (unpaired) electrons. The van der Waals surface area contributed by atoms with Gasteiger partial charge >= 0.3 is 0 Å². The molecule has 1 saturated carbocycles. The van der Waals surface area contributed by atoms with Crippen LogP contribution in [0.15, 0.2) is 24.3 Å². The standard InChI is InChI=1S/C15H20O2S/c1-17-13-9-7-12(8-10-13)15(16)11-18-14-5-3-2-4-6-14/h7-10,14H,2-6,11H2,1H3. The number of rotatable bonds is 5. The van der Waals surface area contributed by atoms with Gasteiger partial charge in [-0.1, -0.05) is 19.3 Å². The van der Waals surface area contributed by atoms with Gasteiger partial charge in [0.25, 0.3) is 0 Å². The van der Waals surface area contributed by atoms with Gasteiger partial charge in [-0.3, -0.25) is 4.79 Å². The molecular weight excluding hydrogens is 244 g/mol. The van der Waals surface area contributed by atoms with Gasteiger partial charge in [-0.15, -0.1) is 0 Å². The van der Waals surface area contributed by atoms with E-state index >= 15 is 0 Å². The number of hydrogen-bond donors (Lipinski definition) is 0. The molecular formula is C15H20O2S. The maximum atomic E-state index is 12.0. The van der Waals surface area contributed by atoms with Gasteiger partial charge in [0.2, 0.25) is 0 Å². The van der Waals surface area contributed by atoms with E-state index in [0.29, 0.717) is 11.0 Å². The molecule has 0 aromatic heterocycles. The third-order valence-corrected chi connectivity index (χ3v) is 4.79. The minimum Gasteiger partial charge on any atom is -0.497 e. The first-order chi connectivity index (χ1) is 8.79. The van der Waals surface area contributed by atoms with Crippen molar-refractivity contribution < 1.29 is 9.53 Å². The molecule has 0 heterocycles. The first kappa shape index (κ1) is 13.5. The highest BCUT2D eigenvalue weighted by molar-refractivity contribution is 8.00. The second kappa shape index (κ2) is 6.83. The van der Waals surface area contributed by atoms with E-state index in [9.17, 15) is 4.79 Å². The number of thioether (sulfide) groups is 1. The summed E-state index contributed by atoms with van der Waals surface area (Å²) in [5.41, 5.74) is 0.791. The summed E-state index contributed by atoms with van der Waals surface area (Å²) >= 11 is 1.83. The Balaban J connectivity index is 1.82. The number of ketones is 1. The van der Waals surface area contributed by atoms with Crippen LogP contribution in [0.4, 0.5) is 0 Å². The van der Waals surface area contributed by atoms with Crippen molar-refractivity contribution in [3.05, 3.63) is 29.8 Å². The molecule has 1 aliphatic rings. The molecule has 1 aliphatic carbocycles. The van der Waals surface area contributed by atoms with Crippen molar-refractivity contribution in [1.29, 1.82) is 0 Å². The van der Waals surface area contributed by atoms with Crippen molar-refractivity contribution in [3.8, 4) is 5.75 Å². The zero-order valence-electron chi connectivity index (χ0n) is 10.9. The molecule has 0 spiro atoms. The van der Waals surface area contributed by atoms with Gasteiger partial charge in [0, 0.05) is 10.8 Å². The van der Waals surface area contributed by atoms with Crippen molar-refractivity contribution in [1.82, 2.24) is 0 Å². The molecule has 0 amide bonds. The summed E-state index contributed by atoms with van der Waals surface area (Å²) in [5, 5.41) is 0.695. The number of Topliss-reactive ketones (excluding diaryl/α,β-unsaturated/α-hetero) is 1. The Bertz CT molecular complexity index is 380. The van der Waals surface area contributed by atoms with Crippen LogP contribution in [0.3, 0.4) is 0 Å². The molecule has 1 fully saturated rings. The lowest BCUT2D eigenvalue weighted by Gasteiger charge is -2.20. The molecule has 0 atom stereocenters. The minimum absolute atomic E-state index is 0.230. The molecule has 1 aromatic carbocycles. The zero-order chi connectivity index (χ0) is 12.8. The van der Waals surface area contributed by atoms with E-state index in [2.05, 4.69) is 0 Å². The van der Waals surface area contributed by atoms with Gasteiger partial charge in [-0.2, -0.15) is 11.8 Å². The Morgan fingerprint density at radius 2 is 1.89 bits per heavy atom. The van der Waals surface area contributed by atoms with Crippen LogP contribution in [0.25, 0.3) is 0 Å². The quantitative estimate of drug-likeness (QED) is 0.753. The number of benzene rings is 1. The molecule has 1 aromatic rings. The Morgan fingerprint density at radius 1 is 1.22 bits per heavy atom. The van der Waals surface area contributed by atoms with Crippen LogP contribution in [0.1, 0.15) is 42.5 Å². The lowest BCUT2D eigenvalue weighted by atomic mass is 10.0. The van der Waals surface area contributed by atoms with E-state index in [4.69, 9.17) is 4.74 Å². The third-order valence-electron chi connectivity index (χ3n) is 3.41. The molecule has 3 heteroatoms. The van der Waals surface area contributed by atoms with E-state index in [0.717, 1.165) is 11.3 Å². The number of ether oxygens (including phenoxy) is 1. The molecule has 0 N–H and O–H groups in total. The topological polar surface area (TPSA) is 26.3 Å². The highest BCUT2D eigenvalue weighted by Crippen LogP contribution is 2.28. The van der Waals surface area contributed by atoms with Crippen LogP contribution < -0.4 is 4.74 Å². The molecule has 2 nitrogen and oxygen atoms in total. The first-order valence-corrected chi connectivity index (χ1v) is 7.63. The second-order valence-electron chi connectivity index (χ2n) is 4.72. The monoisotopic (exact) mass is 264 g/mol. The van der Waals surface area contributed by atoms with Crippen molar-refractivity contribution in [3.63, 3.8) is 0 Å². The summed E-state index contributed by atoms with van der Waals surface area (Å²) in [5.74, 6) is 1.64. The highest BCUT2D eigenvalue weighted by atomic mass is 32.2. The fourth-order valence-corrected chi connectivity index (χ4v) is 3.51. The predicted molar refractivity (Wildman–Crippen MR) is 76.7 cm³/mol. The second-order valence-corrected chi connectivity index (χ2v) is 6.01. The van der Waals surface area contributed by atoms with Crippen LogP contribution in [0.2, 0.25) is 0 Å². The minimum atomic E-state index is 0.230. The van der Waals surface area contributed by atoms with Crippen LogP contribution in [-0.2, 0) is 0 Å².